The number of rotatable bonds is 4. The first kappa shape index (κ1) is 13.8. The van der Waals surface area contributed by atoms with E-state index in [4.69, 9.17) is 11.6 Å². The fraction of sp³-hybridized carbons (Fsp3) is 0.615. The Morgan fingerprint density at radius 1 is 1.61 bits per heavy atom. The number of nitrogens with one attached hydrogen (secondary N) is 1. The number of carbonyl (C=O) groups is 1. The maximum atomic E-state index is 12.5. The van der Waals surface area contributed by atoms with Gasteiger partial charge in [-0.2, -0.15) is 0 Å². The van der Waals surface area contributed by atoms with Gasteiger partial charge in [0.2, 0.25) is 0 Å². The normalized spacial score (nSPS) is 19.8. The Labute approximate surface area is 117 Å². The average molecular weight is 287 g/mol. The number of amides is 1. The van der Waals surface area contributed by atoms with Crippen LogP contribution >= 0.6 is 22.9 Å². The lowest BCUT2D eigenvalue weighted by Crippen LogP contribution is -2.48. The lowest BCUT2D eigenvalue weighted by atomic mass is 10.1. The SMILES string of the molecule is CCCN(C(=O)c1ccc(Cl)s1)C1CCCNC1. The van der Waals surface area contributed by atoms with Gasteiger partial charge in [-0.1, -0.05) is 18.5 Å². The summed E-state index contributed by atoms with van der Waals surface area (Å²) >= 11 is 7.28. The van der Waals surface area contributed by atoms with Crippen LogP contribution in [0.3, 0.4) is 0 Å². The summed E-state index contributed by atoms with van der Waals surface area (Å²) in [6.07, 6.45) is 3.22. The van der Waals surface area contributed by atoms with E-state index in [1.54, 1.807) is 6.07 Å². The van der Waals surface area contributed by atoms with Gasteiger partial charge in [0.15, 0.2) is 0 Å². The van der Waals surface area contributed by atoms with Crippen LogP contribution in [0.15, 0.2) is 12.1 Å². The summed E-state index contributed by atoms with van der Waals surface area (Å²) in [5, 5.41) is 3.37. The van der Waals surface area contributed by atoms with Gasteiger partial charge >= 0.3 is 0 Å². The van der Waals surface area contributed by atoms with Gasteiger partial charge in [0.25, 0.3) is 5.91 Å². The summed E-state index contributed by atoms with van der Waals surface area (Å²) in [7, 11) is 0. The second-order valence-corrected chi connectivity index (χ2v) is 6.32. The van der Waals surface area contributed by atoms with Gasteiger partial charge in [-0.05, 0) is 37.9 Å². The molecule has 5 heteroatoms. The zero-order valence-corrected chi connectivity index (χ0v) is 12.2. The third kappa shape index (κ3) is 3.25. The predicted molar refractivity (Wildman–Crippen MR) is 76.5 cm³/mol. The topological polar surface area (TPSA) is 32.3 Å². The van der Waals surface area contributed by atoms with Gasteiger partial charge in [0.1, 0.15) is 0 Å². The van der Waals surface area contributed by atoms with E-state index in [-0.39, 0.29) is 5.91 Å². The molecule has 1 aliphatic rings. The molecule has 1 unspecified atom stereocenters. The first-order valence-electron chi connectivity index (χ1n) is 6.49. The quantitative estimate of drug-likeness (QED) is 0.923. The largest absolute Gasteiger partial charge is 0.334 e. The summed E-state index contributed by atoms with van der Waals surface area (Å²) in [5.74, 6) is 0.127. The molecule has 1 fully saturated rings. The van der Waals surface area contributed by atoms with E-state index in [9.17, 15) is 4.79 Å². The first-order chi connectivity index (χ1) is 8.72. The Morgan fingerprint density at radius 3 is 3.00 bits per heavy atom. The zero-order chi connectivity index (χ0) is 13.0. The molecule has 1 aliphatic heterocycles. The molecule has 1 aromatic heterocycles. The van der Waals surface area contributed by atoms with Gasteiger partial charge in [-0.15, -0.1) is 11.3 Å². The maximum absolute atomic E-state index is 12.5. The van der Waals surface area contributed by atoms with Crippen LogP contribution in [0.1, 0.15) is 35.9 Å². The highest BCUT2D eigenvalue weighted by molar-refractivity contribution is 7.17. The molecule has 3 nitrogen and oxygen atoms in total. The summed E-state index contributed by atoms with van der Waals surface area (Å²) in [6.45, 7) is 4.90. The number of carbonyl (C=O) groups excluding carboxylic acids is 1. The van der Waals surface area contributed by atoms with E-state index in [1.807, 2.05) is 11.0 Å². The molecule has 0 aromatic carbocycles. The molecule has 1 amide bonds. The lowest BCUT2D eigenvalue weighted by molar-refractivity contribution is 0.0654. The fourth-order valence-electron chi connectivity index (χ4n) is 2.36. The number of thiophene rings is 1. The monoisotopic (exact) mass is 286 g/mol. The first-order valence-corrected chi connectivity index (χ1v) is 7.69. The fourth-order valence-corrected chi connectivity index (χ4v) is 3.36. The molecule has 0 saturated carbocycles. The van der Waals surface area contributed by atoms with Crippen LogP contribution in [0, 0.1) is 0 Å². The van der Waals surface area contributed by atoms with Gasteiger partial charge in [-0.3, -0.25) is 4.79 Å². The highest BCUT2D eigenvalue weighted by Gasteiger charge is 2.26. The molecule has 18 heavy (non-hydrogen) atoms. The smallest absolute Gasteiger partial charge is 0.264 e. The van der Waals surface area contributed by atoms with Gasteiger partial charge in [0, 0.05) is 19.1 Å². The molecule has 2 rings (SSSR count). The Balaban J connectivity index is 2.10. The molecule has 1 N–H and O–H groups in total. The number of nitrogens with zero attached hydrogens (tertiary/aromatic N) is 1. The van der Waals surface area contributed by atoms with Crippen LogP contribution < -0.4 is 5.32 Å². The standard InChI is InChI=1S/C13H19ClN2OS/c1-2-8-16(10-4-3-7-15-9-10)13(17)11-5-6-12(14)18-11/h5-6,10,15H,2-4,7-9H2,1H3. The van der Waals surface area contributed by atoms with Crippen molar-refractivity contribution >= 4 is 28.8 Å². The molecule has 0 bridgehead atoms. The van der Waals surface area contributed by atoms with E-state index < -0.39 is 0 Å². The molecule has 0 aliphatic carbocycles. The van der Waals surface area contributed by atoms with E-state index in [0.29, 0.717) is 10.4 Å². The second kappa shape index (κ2) is 6.55. The molecule has 1 saturated heterocycles. The number of hydrogen-bond donors (Lipinski definition) is 1. The van der Waals surface area contributed by atoms with Gasteiger partial charge < -0.3 is 10.2 Å². The molecular formula is C13H19ClN2OS. The summed E-state index contributed by atoms with van der Waals surface area (Å²) in [4.78, 5) is 15.3. The maximum Gasteiger partial charge on any atom is 0.264 e. The Kier molecular flexibility index (Phi) is 5.03. The molecule has 0 spiro atoms. The molecule has 2 heterocycles. The Morgan fingerprint density at radius 2 is 2.44 bits per heavy atom. The number of piperidine rings is 1. The number of halogens is 1. The van der Waals surface area contributed by atoms with Crippen LogP contribution in [-0.2, 0) is 0 Å². The van der Waals surface area contributed by atoms with E-state index in [2.05, 4.69) is 12.2 Å². The summed E-state index contributed by atoms with van der Waals surface area (Å²) in [6, 6.07) is 3.95. The average Bonchev–Trinajstić information content (AvgIpc) is 2.83. The van der Waals surface area contributed by atoms with Crippen molar-refractivity contribution in [1.29, 1.82) is 0 Å². The molecular weight excluding hydrogens is 268 g/mol. The van der Waals surface area contributed by atoms with Gasteiger partial charge in [0.05, 0.1) is 9.21 Å². The third-order valence-electron chi connectivity index (χ3n) is 3.22. The zero-order valence-electron chi connectivity index (χ0n) is 10.6. The summed E-state index contributed by atoms with van der Waals surface area (Å²) in [5.41, 5.74) is 0. The van der Waals surface area contributed by atoms with Crippen LogP contribution in [0.2, 0.25) is 4.34 Å². The van der Waals surface area contributed by atoms with Crippen molar-refractivity contribution in [2.24, 2.45) is 0 Å². The Bertz CT molecular complexity index is 401. The highest BCUT2D eigenvalue weighted by Crippen LogP contribution is 2.24. The molecule has 1 atom stereocenters. The van der Waals surface area contributed by atoms with E-state index in [0.717, 1.165) is 43.8 Å². The minimum atomic E-state index is 0.127. The molecule has 1 aromatic rings. The van der Waals surface area contributed by atoms with Crippen molar-refractivity contribution in [2.75, 3.05) is 19.6 Å². The van der Waals surface area contributed by atoms with Crippen LogP contribution in [0.5, 0.6) is 0 Å². The number of hydrogen-bond acceptors (Lipinski definition) is 3. The third-order valence-corrected chi connectivity index (χ3v) is 4.44. The van der Waals surface area contributed by atoms with Crippen molar-refractivity contribution in [2.45, 2.75) is 32.2 Å². The van der Waals surface area contributed by atoms with Crippen LogP contribution in [-0.4, -0.2) is 36.5 Å². The van der Waals surface area contributed by atoms with E-state index >= 15 is 0 Å². The van der Waals surface area contributed by atoms with Crippen molar-refractivity contribution in [3.05, 3.63) is 21.3 Å². The summed E-state index contributed by atoms with van der Waals surface area (Å²) < 4.78 is 0.677. The van der Waals surface area contributed by atoms with Crippen molar-refractivity contribution in [3.8, 4) is 0 Å². The molecule has 100 valence electrons. The predicted octanol–water partition coefficient (Wildman–Crippen LogP) is 3.01. The van der Waals surface area contributed by atoms with Crippen molar-refractivity contribution in [3.63, 3.8) is 0 Å². The van der Waals surface area contributed by atoms with Crippen LogP contribution in [0.4, 0.5) is 0 Å². The van der Waals surface area contributed by atoms with Crippen molar-refractivity contribution in [1.82, 2.24) is 10.2 Å². The van der Waals surface area contributed by atoms with Crippen LogP contribution in [0.25, 0.3) is 0 Å². The minimum Gasteiger partial charge on any atom is -0.334 e. The second-order valence-electron chi connectivity index (χ2n) is 4.60. The van der Waals surface area contributed by atoms with Gasteiger partial charge in [-0.25, -0.2) is 0 Å². The Hall–Kier alpha value is -0.580. The highest BCUT2D eigenvalue weighted by atomic mass is 35.5. The lowest BCUT2D eigenvalue weighted by Gasteiger charge is -2.34. The molecule has 0 radical (unpaired) electrons. The van der Waals surface area contributed by atoms with Crippen molar-refractivity contribution < 1.29 is 4.79 Å². The van der Waals surface area contributed by atoms with E-state index in [1.165, 1.54) is 11.3 Å². The minimum absolute atomic E-state index is 0.127.